The molecule has 1 amide bonds. The van der Waals surface area contributed by atoms with Crippen LogP contribution in [0.3, 0.4) is 0 Å². The van der Waals surface area contributed by atoms with E-state index >= 15 is 0 Å². The number of alkyl halides is 2. The van der Waals surface area contributed by atoms with Crippen molar-refractivity contribution in [3.05, 3.63) is 12.3 Å². The van der Waals surface area contributed by atoms with Crippen molar-refractivity contribution in [2.75, 3.05) is 32.0 Å². The van der Waals surface area contributed by atoms with Crippen LogP contribution in [-0.4, -0.2) is 53.3 Å². The van der Waals surface area contributed by atoms with E-state index in [4.69, 9.17) is 10.5 Å². The number of amides is 1. The van der Waals surface area contributed by atoms with Gasteiger partial charge in [-0.1, -0.05) is 0 Å². The number of halogens is 2. The Labute approximate surface area is 121 Å². The van der Waals surface area contributed by atoms with Gasteiger partial charge in [0, 0.05) is 19.3 Å². The van der Waals surface area contributed by atoms with E-state index in [1.165, 1.54) is 0 Å². The van der Waals surface area contributed by atoms with Crippen LogP contribution in [0.5, 0.6) is 0 Å². The van der Waals surface area contributed by atoms with Gasteiger partial charge in [0.05, 0.1) is 19.1 Å². The molecule has 0 unspecified atom stereocenters. The molecule has 0 aromatic carbocycles. The number of nitrogens with zero attached hydrogens (tertiary/aromatic N) is 3. The van der Waals surface area contributed by atoms with Gasteiger partial charge in [0.15, 0.2) is 0 Å². The average Bonchev–Trinajstić information content (AvgIpc) is 2.90. The fourth-order valence-corrected chi connectivity index (χ4v) is 2.43. The molecule has 2 rings (SSSR count). The highest BCUT2D eigenvalue weighted by Crippen LogP contribution is 2.22. The fraction of sp³-hybridized carbons (Fsp3) is 0.692. The summed E-state index contributed by atoms with van der Waals surface area (Å²) < 4.78 is 30.3. The van der Waals surface area contributed by atoms with E-state index in [1.54, 1.807) is 11.0 Å². The predicted molar refractivity (Wildman–Crippen MR) is 72.9 cm³/mol. The molecular formula is C13H20F2N4O2. The van der Waals surface area contributed by atoms with Crippen molar-refractivity contribution >= 4 is 11.7 Å². The second-order valence-corrected chi connectivity index (χ2v) is 5.05. The molecule has 0 saturated carbocycles. The molecule has 0 radical (unpaired) electrons. The van der Waals surface area contributed by atoms with E-state index < -0.39 is 13.0 Å². The van der Waals surface area contributed by atoms with Gasteiger partial charge in [-0.05, 0) is 18.9 Å². The highest BCUT2D eigenvalue weighted by Gasteiger charge is 2.24. The summed E-state index contributed by atoms with van der Waals surface area (Å²) in [6.45, 7) is 0.699. The van der Waals surface area contributed by atoms with Gasteiger partial charge < -0.3 is 15.4 Å². The summed E-state index contributed by atoms with van der Waals surface area (Å²) in [5.74, 6) is 0.437. The van der Waals surface area contributed by atoms with Crippen LogP contribution < -0.4 is 5.73 Å². The van der Waals surface area contributed by atoms with Crippen molar-refractivity contribution in [1.82, 2.24) is 14.7 Å². The maximum absolute atomic E-state index is 11.9. The molecule has 1 aromatic heterocycles. The summed E-state index contributed by atoms with van der Waals surface area (Å²) in [7, 11) is 0. The third kappa shape index (κ3) is 4.66. The second-order valence-electron chi connectivity index (χ2n) is 5.05. The number of hydrogen-bond acceptors (Lipinski definition) is 4. The summed E-state index contributed by atoms with van der Waals surface area (Å²) >= 11 is 0. The Morgan fingerprint density at radius 2 is 2.19 bits per heavy atom. The highest BCUT2D eigenvalue weighted by atomic mass is 19.3. The minimum absolute atomic E-state index is 0.0405. The van der Waals surface area contributed by atoms with Crippen LogP contribution in [0.25, 0.3) is 0 Å². The molecule has 2 heterocycles. The van der Waals surface area contributed by atoms with Gasteiger partial charge in [-0.3, -0.25) is 9.48 Å². The number of carbonyl (C=O) groups excluding carboxylic acids is 1. The summed E-state index contributed by atoms with van der Waals surface area (Å²) in [6.07, 6.45) is 1.12. The number of carbonyl (C=O) groups is 1. The van der Waals surface area contributed by atoms with Crippen molar-refractivity contribution in [3.63, 3.8) is 0 Å². The van der Waals surface area contributed by atoms with Gasteiger partial charge in [0.25, 0.3) is 6.43 Å². The number of rotatable bonds is 6. The van der Waals surface area contributed by atoms with E-state index in [2.05, 4.69) is 5.10 Å². The van der Waals surface area contributed by atoms with E-state index in [1.807, 2.05) is 10.9 Å². The molecule has 0 atom stereocenters. The summed E-state index contributed by atoms with van der Waals surface area (Å²) in [6, 6.07) is 2.00. The molecule has 0 aliphatic carbocycles. The second kappa shape index (κ2) is 7.35. The summed E-state index contributed by atoms with van der Waals surface area (Å²) in [5.41, 5.74) is 5.59. The first-order valence-electron chi connectivity index (χ1n) is 7.00. The van der Waals surface area contributed by atoms with Crippen molar-refractivity contribution in [2.24, 2.45) is 0 Å². The number of ether oxygens (including phenoxy) is 1. The topological polar surface area (TPSA) is 73.4 Å². The third-order valence-corrected chi connectivity index (χ3v) is 3.52. The van der Waals surface area contributed by atoms with Gasteiger partial charge in [0.2, 0.25) is 5.91 Å². The van der Waals surface area contributed by atoms with Crippen LogP contribution in [0.2, 0.25) is 0 Å². The van der Waals surface area contributed by atoms with E-state index in [-0.39, 0.29) is 25.0 Å². The lowest BCUT2D eigenvalue weighted by Crippen LogP contribution is -2.39. The minimum atomic E-state index is -2.49. The first kappa shape index (κ1) is 15.7. The fourth-order valence-electron chi connectivity index (χ4n) is 2.43. The largest absolute Gasteiger partial charge is 0.382 e. The zero-order chi connectivity index (χ0) is 15.2. The van der Waals surface area contributed by atoms with Crippen molar-refractivity contribution < 1.29 is 18.3 Å². The Morgan fingerprint density at radius 3 is 2.76 bits per heavy atom. The smallest absolute Gasteiger partial charge is 0.261 e. The van der Waals surface area contributed by atoms with Crippen molar-refractivity contribution in [3.8, 4) is 0 Å². The van der Waals surface area contributed by atoms with E-state index in [9.17, 15) is 13.6 Å². The monoisotopic (exact) mass is 302 g/mol. The maximum atomic E-state index is 11.9. The number of nitrogen functional groups attached to an aromatic ring is 1. The normalized spacial score (nSPS) is 16.6. The molecular weight excluding hydrogens is 282 g/mol. The van der Waals surface area contributed by atoms with Gasteiger partial charge >= 0.3 is 0 Å². The van der Waals surface area contributed by atoms with Crippen LogP contribution in [0.15, 0.2) is 12.3 Å². The van der Waals surface area contributed by atoms with Gasteiger partial charge in [-0.15, -0.1) is 0 Å². The lowest BCUT2D eigenvalue weighted by molar-refractivity contribution is -0.134. The number of piperidine rings is 1. The molecule has 2 N–H and O–H groups in total. The molecule has 0 spiro atoms. The highest BCUT2D eigenvalue weighted by molar-refractivity contribution is 5.76. The van der Waals surface area contributed by atoms with Crippen LogP contribution >= 0.6 is 0 Å². The molecule has 6 nitrogen and oxygen atoms in total. The van der Waals surface area contributed by atoms with Gasteiger partial charge in [0.1, 0.15) is 12.4 Å². The third-order valence-electron chi connectivity index (χ3n) is 3.52. The van der Waals surface area contributed by atoms with Crippen LogP contribution in [0.4, 0.5) is 14.6 Å². The molecule has 1 aliphatic rings. The zero-order valence-electron chi connectivity index (χ0n) is 11.8. The predicted octanol–water partition coefficient (Wildman–Crippen LogP) is 1.30. The molecule has 1 saturated heterocycles. The molecule has 1 aromatic rings. The quantitative estimate of drug-likeness (QED) is 0.804. The standard InChI is InChI=1S/C13H20F2N4O2/c14-11(15)9-21-8-4-13(20)18-5-1-10(2-6-18)19-7-3-12(16)17-19/h3,7,10-11H,1-2,4-6,8-9H2,(H2,16,17). The molecule has 1 aliphatic heterocycles. The lowest BCUT2D eigenvalue weighted by atomic mass is 10.1. The summed E-state index contributed by atoms with van der Waals surface area (Å²) in [4.78, 5) is 13.7. The van der Waals surface area contributed by atoms with Crippen LogP contribution in [-0.2, 0) is 9.53 Å². The SMILES string of the molecule is Nc1ccn(C2CCN(C(=O)CCOCC(F)F)CC2)n1. The average molecular weight is 302 g/mol. The summed E-state index contributed by atoms with van der Waals surface area (Å²) in [5, 5.41) is 4.18. The Hall–Kier alpha value is -1.70. The zero-order valence-corrected chi connectivity index (χ0v) is 11.8. The minimum Gasteiger partial charge on any atom is -0.382 e. The number of aromatic nitrogens is 2. The number of hydrogen-bond donors (Lipinski definition) is 1. The number of likely N-dealkylation sites (tertiary alicyclic amines) is 1. The van der Waals surface area contributed by atoms with Crippen molar-refractivity contribution in [1.29, 1.82) is 0 Å². The molecule has 1 fully saturated rings. The Morgan fingerprint density at radius 1 is 1.48 bits per heavy atom. The Kier molecular flexibility index (Phi) is 5.49. The van der Waals surface area contributed by atoms with Crippen LogP contribution in [0, 0.1) is 0 Å². The first-order valence-corrected chi connectivity index (χ1v) is 7.00. The first-order chi connectivity index (χ1) is 10.1. The van der Waals surface area contributed by atoms with Crippen LogP contribution in [0.1, 0.15) is 25.3 Å². The Balaban J connectivity index is 1.69. The molecule has 118 valence electrons. The van der Waals surface area contributed by atoms with Gasteiger partial charge in [-0.2, -0.15) is 5.10 Å². The van der Waals surface area contributed by atoms with Gasteiger partial charge in [-0.25, -0.2) is 8.78 Å². The molecule has 21 heavy (non-hydrogen) atoms. The van der Waals surface area contributed by atoms with Crippen molar-refractivity contribution in [2.45, 2.75) is 31.7 Å². The Bertz CT molecular complexity index is 459. The maximum Gasteiger partial charge on any atom is 0.261 e. The molecule has 8 heteroatoms. The number of anilines is 1. The van der Waals surface area contributed by atoms with E-state index in [0.717, 1.165) is 12.8 Å². The lowest BCUT2D eigenvalue weighted by Gasteiger charge is -2.32. The van der Waals surface area contributed by atoms with E-state index in [0.29, 0.717) is 18.9 Å². The molecule has 0 bridgehead atoms. The number of nitrogens with two attached hydrogens (primary N) is 1.